The Balaban J connectivity index is 2.50. The van der Waals surface area contributed by atoms with E-state index in [1.54, 1.807) is 7.11 Å². The summed E-state index contributed by atoms with van der Waals surface area (Å²) >= 11 is 3.85. The zero-order valence-electron chi connectivity index (χ0n) is 12.0. The maximum Gasteiger partial charge on any atom is 0.126 e. The van der Waals surface area contributed by atoms with Gasteiger partial charge in [0.25, 0.3) is 0 Å². The van der Waals surface area contributed by atoms with Crippen molar-refractivity contribution >= 4 is 26.7 Å². The Kier molecular flexibility index (Phi) is 4.19. The van der Waals surface area contributed by atoms with Gasteiger partial charge in [-0.25, -0.2) is 0 Å². The van der Waals surface area contributed by atoms with Crippen LogP contribution in [0.2, 0.25) is 0 Å². The lowest BCUT2D eigenvalue weighted by Crippen LogP contribution is -2.08. The van der Waals surface area contributed by atoms with Crippen molar-refractivity contribution in [2.24, 2.45) is 5.41 Å². The van der Waals surface area contributed by atoms with Gasteiger partial charge in [0, 0.05) is 10.2 Å². The van der Waals surface area contributed by atoms with Crippen LogP contribution >= 0.6 is 15.9 Å². The van der Waals surface area contributed by atoms with E-state index in [4.69, 9.17) is 4.74 Å². The SMILES string of the molecule is COc1ccc(C(Br)CC(C)(C)C)c2ccccc12. The van der Waals surface area contributed by atoms with Crippen LogP contribution in [-0.4, -0.2) is 7.11 Å². The van der Waals surface area contributed by atoms with Crippen molar-refractivity contribution in [1.29, 1.82) is 0 Å². The Morgan fingerprint density at radius 1 is 1.05 bits per heavy atom. The number of rotatable bonds is 3. The molecular formula is C17H21BrO. The maximum absolute atomic E-state index is 5.45. The molecule has 1 unspecified atom stereocenters. The highest BCUT2D eigenvalue weighted by atomic mass is 79.9. The third-order valence-corrected chi connectivity index (χ3v) is 4.08. The summed E-state index contributed by atoms with van der Waals surface area (Å²) in [5, 5.41) is 2.45. The van der Waals surface area contributed by atoms with Crippen molar-refractivity contribution in [1.82, 2.24) is 0 Å². The highest BCUT2D eigenvalue weighted by Crippen LogP contribution is 2.40. The number of benzene rings is 2. The molecule has 0 spiro atoms. The highest BCUT2D eigenvalue weighted by Gasteiger charge is 2.20. The van der Waals surface area contributed by atoms with E-state index >= 15 is 0 Å². The minimum atomic E-state index is 0.301. The van der Waals surface area contributed by atoms with Gasteiger partial charge in [-0.2, -0.15) is 0 Å². The van der Waals surface area contributed by atoms with Crippen LogP contribution in [0.4, 0.5) is 0 Å². The van der Waals surface area contributed by atoms with E-state index in [9.17, 15) is 0 Å². The fourth-order valence-corrected chi connectivity index (χ4v) is 3.76. The van der Waals surface area contributed by atoms with Gasteiger partial charge in [-0.3, -0.25) is 0 Å². The number of halogens is 1. The van der Waals surface area contributed by atoms with E-state index in [1.807, 2.05) is 0 Å². The van der Waals surface area contributed by atoms with E-state index in [0.29, 0.717) is 10.2 Å². The van der Waals surface area contributed by atoms with E-state index in [2.05, 4.69) is 73.1 Å². The molecule has 0 fully saturated rings. The molecule has 1 nitrogen and oxygen atoms in total. The first kappa shape index (κ1) is 14.4. The standard InChI is InChI=1S/C17H21BrO/c1-17(2,3)11-15(18)13-9-10-16(19-4)14-8-6-5-7-12(13)14/h5-10,15H,11H2,1-4H3. The largest absolute Gasteiger partial charge is 0.496 e. The summed E-state index contributed by atoms with van der Waals surface area (Å²) in [5.41, 5.74) is 1.64. The average Bonchev–Trinajstić information content (AvgIpc) is 2.35. The molecule has 0 saturated heterocycles. The highest BCUT2D eigenvalue weighted by molar-refractivity contribution is 9.09. The number of methoxy groups -OCH3 is 1. The summed E-state index contributed by atoms with van der Waals surface area (Å²) in [6, 6.07) is 12.7. The monoisotopic (exact) mass is 320 g/mol. The lowest BCUT2D eigenvalue weighted by atomic mass is 9.87. The first-order valence-corrected chi connectivity index (χ1v) is 7.53. The molecule has 19 heavy (non-hydrogen) atoms. The van der Waals surface area contributed by atoms with E-state index in [0.717, 1.165) is 12.2 Å². The van der Waals surface area contributed by atoms with E-state index < -0.39 is 0 Å². The molecule has 102 valence electrons. The average molecular weight is 321 g/mol. The normalized spacial score (nSPS) is 13.5. The number of hydrogen-bond donors (Lipinski definition) is 0. The third kappa shape index (κ3) is 3.30. The molecule has 0 aliphatic heterocycles. The number of fused-ring (bicyclic) bond motifs is 1. The first-order valence-electron chi connectivity index (χ1n) is 6.62. The summed E-state index contributed by atoms with van der Waals surface area (Å²) in [6.07, 6.45) is 1.10. The molecule has 2 aromatic carbocycles. The lowest BCUT2D eigenvalue weighted by Gasteiger charge is -2.23. The number of alkyl halides is 1. The van der Waals surface area contributed by atoms with Gasteiger partial charge in [0.05, 0.1) is 7.11 Å². The predicted octanol–water partition coefficient (Wildman–Crippen LogP) is 5.72. The molecule has 0 N–H and O–H groups in total. The minimum absolute atomic E-state index is 0.301. The fourth-order valence-electron chi connectivity index (χ4n) is 2.39. The van der Waals surface area contributed by atoms with Crippen LogP contribution in [-0.2, 0) is 0 Å². The summed E-state index contributed by atoms with van der Waals surface area (Å²) in [4.78, 5) is 0.364. The second-order valence-electron chi connectivity index (χ2n) is 6.13. The molecule has 0 radical (unpaired) electrons. The molecule has 2 rings (SSSR count). The van der Waals surface area contributed by atoms with Crippen molar-refractivity contribution in [2.75, 3.05) is 7.11 Å². The van der Waals surface area contributed by atoms with Gasteiger partial charge in [-0.15, -0.1) is 0 Å². The summed E-state index contributed by atoms with van der Waals surface area (Å²) in [6.45, 7) is 6.81. The maximum atomic E-state index is 5.45. The van der Waals surface area contributed by atoms with Crippen LogP contribution in [0.15, 0.2) is 36.4 Å². The first-order chi connectivity index (χ1) is 8.92. The molecule has 2 heteroatoms. The van der Waals surface area contributed by atoms with Gasteiger partial charge in [0.2, 0.25) is 0 Å². The number of ether oxygens (including phenoxy) is 1. The van der Waals surface area contributed by atoms with Crippen molar-refractivity contribution in [3.63, 3.8) is 0 Å². The van der Waals surface area contributed by atoms with Gasteiger partial charge in [-0.05, 0) is 28.9 Å². The molecule has 1 atom stereocenters. The zero-order chi connectivity index (χ0) is 14.0. The van der Waals surface area contributed by atoms with Crippen LogP contribution in [0.25, 0.3) is 10.8 Å². The van der Waals surface area contributed by atoms with Crippen LogP contribution < -0.4 is 4.74 Å². The Labute approximate surface area is 124 Å². The van der Waals surface area contributed by atoms with E-state index in [-0.39, 0.29) is 0 Å². The molecule has 0 bridgehead atoms. The molecule has 2 aromatic rings. The Hall–Kier alpha value is -1.02. The summed E-state index contributed by atoms with van der Waals surface area (Å²) in [5.74, 6) is 0.940. The van der Waals surface area contributed by atoms with Crippen molar-refractivity contribution < 1.29 is 4.74 Å². The summed E-state index contributed by atoms with van der Waals surface area (Å²) in [7, 11) is 1.72. The minimum Gasteiger partial charge on any atom is -0.496 e. The van der Waals surface area contributed by atoms with Crippen LogP contribution in [0.5, 0.6) is 5.75 Å². The van der Waals surface area contributed by atoms with Gasteiger partial charge in [0.15, 0.2) is 0 Å². The molecule has 0 saturated carbocycles. The molecular weight excluding hydrogens is 300 g/mol. The van der Waals surface area contributed by atoms with Gasteiger partial charge in [0.1, 0.15) is 5.75 Å². The lowest BCUT2D eigenvalue weighted by molar-refractivity contribution is 0.377. The molecule has 0 aliphatic rings. The van der Waals surface area contributed by atoms with Crippen LogP contribution in [0.3, 0.4) is 0 Å². The van der Waals surface area contributed by atoms with Crippen LogP contribution in [0, 0.1) is 5.41 Å². The quantitative estimate of drug-likeness (QED) is 0.657. The Morgan fingerprint density at radius 3 is 2.26 bits per heavy atom. The van der Waals surface area contributed by atoms with Crippen LogP contribution in [0.1, 0.15) is 37.6 Å². The van der Waals surface area contributed by atoms with Gasteiger partial charge in [-0.1, -0.05) is 67.0 Å². The topological polar surface area (TPSA) is 9.23 Å². The zero-order valence-corrected chi connectivity index (χ0v) is 13.6. The van der Waals surface area contributed by atoms with Crippen molar-refractivity contribution in [3.8, 4) is 5.75 Å². The van der Waals surface area contributed by atoms with Gasteiger partial charge < -0.3 is 4.74 Å². The fraction of sp³-hybridized carbons (Fsp3) is 0.412. The van der Waals surface area contributed by atoms with Crippen molar-refractivity contribution in [2.45, 2.75) is 32.0 Å². The number of hydrogen-bond acceptors (Lipinski definition) is 1. The molecule has 0 aromatic heterocycles. The molecule has 0 amide bonds. The Morgan fingerprint density at radius 2 is 1.68 bits per heavy atom. The second kappa shape index (κ2) is 5.54. The van der Waals surface area contributed by atoms with Gasteiger partial charge >= 0.3 is 0 Å². The molecule has 0 heterocycles. The third-order valence-electron chi connectivity index (χ3n) is 3.27. The van der Waals surface area contributed by atoms with E-state index in [1.165, 1.54) is 16.3 Å². The second-order valence-corrected chi connectivity index (χ2v) is 7.24. The van der Waals surface area contributed by atoms with Crippen molar-refractivity contribution in [3.05, 3.63) is 42.0 Å². The molecule has 0 aliphatic carbocycles. The Bertz CT molecular complexity index is 569. The predicted molar refractivity (Wildman–Crippen MR) is 86.2 cm³/mol. The smallest absolute Gasteiger partial charge is 0.126 e. The summed E-state index contributed by atoms with van der Waals surface area (Å²) < 4.78 is 5.45.